The largest absolute Gasteiger partial charge is 0.508 e. The van der Waals surface area contributed by atoms with Gasteiger partial charge in [-0.05, 0) is 60.5 Å². The molecule has 0 amide bonds. The molecule has 30 heavy (non-hydrogen) atoms. The van der Waals surface area contributed by atoms with Crippen molar-refractivity contribution in [1.82, 2.24) is 5.32 Å². The third-order valence-corrected chi connectivity index (χ3v) is 5.28. The molecule has 4 rings (SSSR count). The number of hydrogen-bond donors (Lipinski definition) is 2. The third kappa shape index (κ3) is 4.31. The van der Waals surface area contributed by atoms with Crippen molar-refractivity contribution in [2.24, 2.45) is 4.99 Å². The van der Waals surface area contributed by atoms with Crippen LogP contribution >= 0.6 is 0 Å². The van der Waals surface area contributed by atoms with Crippen LogP contribution in [0, 0.1) is 0 Å². The van der Waals surface area contributed by atoms with Gasteiger partial charge in [0, 0.05) is 23.7 Å². The Labute approximate surface area is 177 Å². The molecule has 0 saturated heterocycles. The van der Waals surface area contributed by atoms with Crippen LogP contribution in [0.1, 0.15) is 42.2 Å². The molecule has 0 radical (unpaired) electrons. The Balaban J connectivity index is 1.70. The Hall–Kier alpha value is -3.31. The Morgan fingerprint density at radius 1 is 0.967 bits per heavy atom. The van der Waals surface area contributed by atoms with E-state index in [1.165, 1.54) is 0 Å². The van der Waals surface area contributed by atoms with E-state index in [1.54, 1.807) is 13.2 Å². The summed E-state index contributed by atoms with van der Waals surface area (Å²) in [6.07, 6.45) is 0.453. The van der Waals surface area contributed by atoms with Crippen LogP contribution in [0.15, 0.2) is 77.8 Å². The molecule has 5 nitrogen and oxygen atoms in total. The maximum Gasteiger partial charge on any atom is 0.126 e. The van der Waals surface area contributed by atoms with Crippen LogP contribution in [0.2, 0.25) is 0 Å². The first kappa shape index (κ1) is 20.0. The van der Waals surface area contributed by atoms with E-state index in [-0.39, 0.29) is 18.0 Å². The van der Waals surface area contributed by atoms with Crippen molar-refractivity contribution in [2.75, 3.05) is 13.7 Å². The average Bonchev–Trinajstić information content (AvgIpc) is 2.80. The first-order chi connectivity index (χ1) is 14.7. The van der Waals surface area contributed by atoms with Gasteiger partial charge >= 0.3 is 0 Å². The van der Waals surface area contributed by atoms with Gasteiger partial charge in [0.05, 0.1) is 13.7 Å². The summed E-state index contributed by atoms with van der Waals surface area (Å²) in [5.74, 6) is 1.94. The molecule has 0 aromatic heterocycles. The van der Waals surface area contributed by atoms with Crippen molar-refractivity contribution in [3.05, 3.63) is 89.5 Å². The minimum Gasteiger partial charge on any atom is -0.508 e. The van der Waals surface area contributed by atoms with Gasteiger partial charge in [0.25, 0.3) is 0 Å². The van der Waals surface area contributed by atoms with Crippen molar-refractivity contribution in [1.29, 1.82) is 0 Å². The normalized spacial score (nSPS) is 18.5. The van der Waals surface area contributed by atoms with Crippen molar-refractivity contribution in [2.45, 2.75) is 25.6 Å². The number of nitrogens with one attached hydrogen (secondary N) is 1. The van der Waals surface area contributed by atoms with Crippen LogP contribution in [-0.2, 0) is 0 Å². The van der Waals surface area contributed by atoms with Gasteiger partial charge < -0.3 is 14.6 Å². The first-order valence-electron chi connectivity index (χ1n) is 10.2. The highest BCUT2D eigenvalue weighted by Gasteiger charge is 2.27. The lowest BCUT2D eigenvalue weighted by Gasteiger charge is -2.31. The molecule has 0 bridgehead atoms. The Bertz CT molecular complexity index is 1010. The minimum atomic E-state index is -0.226. The molecule has 2 N–H and O–H groups in total. The highest BCUT2D eigenvalue weighted by atomic mass is 16.5. The Kier molecular flexibility index (Phi) is 6.00. The van der Waals surface area contributed by atoms with Gasteiger partial charge in [-0.15, -0.1) is 0 Å². The Morgan fingerprint density at radius 3 is 2.33 bits per heavy atom. The fourth-order valence-electron chi connectivity index (χ4n) is 3.73. The standard InChI is InChI=1S/C25H26N2O3/c1-3-30-20-14-8-17(9-15-20)22-16-23(21-6-4-5-7-24(21)28)27-25(26-22)18-10-12-19(29-2)13-11-18/h4-15,23,25,27-28H,3,16H2,1-2H3/t23-,25-/m0/s1. The number of phenols is 1. The Morgan fingerprint density at radius 2 is 1.67 bits per heavy atom. The number of para-hydroxylation sites is 1. The van der Waals surface area contributed by atoms with Crippen LogP contribution in [0.5, 0.6) is 17.2 Å². The van der Waals surface area contributed by atoms with Crippen molar-refractivity contribution in [3.63, 3.8) is 0 Å². The molecule has 1 aliphatic heterocycles. The van der Waals surface area contributed by atoms with Crippen LogP contribution < -0.4 is 14.8 Å². The monoisotopic (exact) mass is 402 g/mol. The second kappa shape index (κ2) is 9.01. The molecule has 0 spiro atoms. The quantitative estimate of drug-likeness (QED) is 0.608. The molecule has 0 aliphatic carbocycles. The zero-order valence-electron chi connectivity index (χ0n) is 17.2. The number of hydrogen-bond acceptors (Lipinski definition) is 5. The maximum atomic E-state index is 10.4. The summed E-state index contributed by atoms with van der Waals surface area (Å²) < 4.78 is 10.9. The summed E-state index contributed by atoms with van der Waals surface area (Å²) in [5.41, 5.74) is 3.96. The van der Waals surface area contributed by atoms with Gasteiger partial charge in [-0.2, -0.15) is 0 Å². The van der Waals surface area contributed by atoms with E-state index in [2.05, 4.69) is 5.32 Å². The summed E-state index contributed by atoms with van der Waals surface area (Å²) in [7, 11) is 1.66. The van der Waals surface area contributed by atoms with E-state index in [9.17, 15) is 5.11 Å². The molecule has 1 aliphatic rings. The first-order valence-corrected chi connectivity index (χ1v) is 10.2. The minimum absolute atomic E-state index is 0.0580. The average molecular weight is 402 g/mol. The fraction of sp³-hybridized carbons (Fsp3) is 0.240. The lowest BCUT2D eigenvalue weighted by Crippen LogP contribution is -2.33. The van der Waals surface area contributed by atoms with Gasteiger partial charge in [-0.25, -0.2) is 0 Å². The highest BCUT2D eigenvalue weighted by molar-refractivity contribution is 6.01. The van der Waals surface area contributed by atoms with Crippen LogP contribution in [0.4, 0.5) is 0 Å². The molecular formula is C25H26N2O3. The molecule has 3 aromatic rings. The SMILES string of the molecule is CCOc1ccc(C2=N[C@H](c3ccc(OC)cc3)N[C@H](c3ccccc3O)C2)cc1. The number of aromatic hydroxyl groups is 1. The number of ether oxygens (including phenoxy) is 2. The van der Waals surface area contributed by atoms with E-state index in [4.69, 9.17) is 14.5 Å². The predicted octanol–water partition coefficient (Wildman–Crippen LogP) is 5.02. The van der Waals surface area contributed by atoms with Crippen molar-refractivity contribution < 1.29 is 14.6 Å². The summed E-state index contributed by atoms with van der Waals surface area (Å²) in [5, 5.41) is 14.0. The number of phenolic OH excluding ortho intramolecular Hbond substituents is 1. The van der Waals surface area contributed by atoms with Crippen LogP contribution in [0.25, 0.3) is 0 Å². The molecular weight excluding hydrogens is 376 g/mol. The van der Waals surface area contributed by atoms with E-state index >= 15 is 0 Å². The van der Waals surface area contributed by atoms with Crippen LogP contribution in [0.3, 0.4) is 0 Å². The topological polar surface area (TPSA) is 63.1 Å². The van der Waals surface area contributed by atoms with E-state index < -0.39 is 0 Å². The van der Waals surface area contributed by atoms with Gasteiger partial charge in [-0.3, -0.25) is 10.3 Å². The zero-order valence-corrected chi connectivity index (χ0v) is 17.2. The lowest BCUT2D eigenvalue weighted by molar-refractivity contribution is 0.340. The zero-order chi connectivity index (χ0) is 20.9. The number of benzene rings is 3. The summed E-state index contributed by atoms with van der Waals surface area (Å²) in [4.78, 5) is 5.00. The highest BCUT2D eigenvalue weighted by Crippen LogP contribution is 2.34. The van der Waals surface area contributed by atoms with Gasteiger partial charge in [-0.1, -0.05) is 30.3 Å². The van der Waals surface area contributed by atoms with Crippen molar-refractivity contribution in [3.8, 4) is 17.2 Å². The predicted molar refractivity (Wildman–Crippen MR) is 118 cm³/mol. The molecule has 3 aromatic carbocycles. The fourth-order valence-corrected chi connectivity index (χ4v) is 3.73. The number of nitrogens with zero attached hydrogens (tertiary/aromatic N) is 1. The molecule has 0 fully saturated rings. The maximum absolute atomic E-state index is 10.4. The molecule has 154 valence electrons. The smallest absolute Gasteiger partial charge is 0.126 e. The second-order valence-electron chi connectivity index (χ2n) is 7.19. The molecule has 5 heteroatoms. The van der Waals surface area contributed by atoms with E-state index in [0.717, 1.165) is 33.9 Å². The third-order valence-electron chi connectivity index (χ3n) is 5.28. The number of rotatable bonds is 6. The van der Waals surface area contributed by atoms with Crippen molar-refractivity contribution >= 4 is 5.71 Å². The van der Waals surface area contributed by atoms with Gasteiger partial charge in [0.1, 0.15) is 23.4 Å². The van der Waals surface area contributed by atoms with E-state index in [0.29, 0.717) is 13.0 Å². The number of methoxy groups -OCH3 is 1. The molecule has 0 unspecified atom stereocenters. The lowest BCUT2D eigenvalue weighted by atomic mass is 9.93. The van der Waals surface area contributed by atoms with E-state index in [1.807, 2.05) is 73.7 Å². The summed E-state index contributed by atoms with van der Waals surface area (Å²) >= 11 is 0. The molecule has 1 heterocycles. The number of aliphatic imine (C=N–C) groups is 1. The summed E-state index contributed by atoms with van der Waals surface area (Å²) in [6.45, 7) is 2.61. The van der Waals surface area contributed by atoms with Crippen LogP contribution in [-0.4, -0.2) is 24.5 Å². The summed E-state index contributed by atoms with van der Waals surface area (Å²) in [6, 6.07) is 23.3. The molecule has 0 saturated carbocycles. The van der Waals surface area contributed by atoms with Gasteiger partial charge in [0.15, 0.2) is 0 Å². The molecule has 2 atom stereocenters. The second-order valence-corrected chi connectivity index (χ2v) is 7.19. The van der Waals surface area contributed by atoms with Gasteiger partial charge in [0.2, 0.25) is 0 Å².